The lowest BCUT2D eigenvalue weighted by Crippen LogP contribution is -2.53. The van der Waals surface area contributed by atoms with Crippen molar-refractivity contribution in [2.75, 3.05) is 7.11 Å². The summed E-state index contributed by atoms with van der Waals surface area (Å²) in [5.74, 6) is 0.639. The predicted molar refractivity (Wildman–Crippen MR) is 106 cm³/mol. The molecule has 2 aromatic rings. The summed E-state index contributed by atoms with van der Waals surface area (Å²) in [4.78, 5) is 28.2. The number of ether oxygens (including phenoxy) is 1. The fourth-order valence-corrected chi connectivity index (χ4v) is 2.78. The lowest BCUT2D eigenvalue weighted by molar-refractivity contribution is 0.414. The van der Waals surface area contributed by atoms with Gasteiger partial charge in [-0.15, -0.1) is 6.58 Å². The second kappa shape index (κ2) is 9.61. The van der Waals surface area contributed by atoms with Crippen LogP contribution in [0.5, 0.6) is 5.75 Å². The minimum Gasteiger partial charge on any atom is -0.496 e. The van der Waals surface area contributed by atoms with E-state index in [-0.39, 0.29) is 23.0 Å². The van der Waals surface area contributed by atoms with Crippen molar-refractivity contribution in [2.24, 2.45) is 0 Å². The number of para-hydroxylation sites is 1. The Morgan fingerprint density at radius 2 is 2.00 bits per heavy atom. The topological polar surface area (TPSA) is 64.1 Å². The molecule has 0 bridgehead atoms. The second-order valence-corrected chi connectivity index (χ2v) is 6.04. The van der Waals surface area contributed by atoms with Crippen LogP contribution in [0.15, 0.2) is 46.5 Å². The lowest BCUT2D eigenvalue weighted by Gasteiger charge is -2.06. The van der Waals surface area contributed by atoms with Crippen LogP contribution in [0.25, 0.3) is 12.2 Å². The highest BCUT2D eigenvalue weighted by molar-refractivity contribution is 5.56. The Balaban J connectivity index is 2.66. The van der Waals surface area contributed by atoms with Crippen LogP contribution in [0.2, 0.25) is 0 Å². The largest absolute Gasteiger partial charge is 0.496 e. The molecule has 0 saturated carbocycles. The van der Waals surface area contributed by atoms with Gasteiger partial charge in [0.2, 0.25) is 0 Å². The van der Waals surface area contributed by atoms with Crippen LogP contribution in [0.3, 0.4) is 0 Å². The monoisotopic (exact) mass is 354 g/mol. The zero-order valence-corrected chi connectivity index (χ0v) is 15.5. The van der Waals surface area contributed by atoms with Crippen LogP contribution in [0.4, 0.5) is 0 Å². The van der Waals surface area contributed by atoms with Crippen molar-refractivity contribution in [3.63, 3.8) is 0 Å². The van der Waals surface area contributed by atoms with Gasteiger partial charge in [0.1, 0.15) is 16.4 Å². The highest BCUT2D eigenvalue weighted by Gasteiger charge is 2.05. The summed E-state index contributed by atoms with van der Waals surface area (Å²) in [5, 5.41) is 0.621. The van der Waals surface area contributed by atoms with Gasteiger partial charge in [0.05, 0.1) is 7.11 Å². The summed E-state index contributed by atoms with van der Waals surface area (Å²) in [5.41, 5.74) is 0.207. The Labute approximate surface area is 153 Å². The van der Waals surface area contributed by atoms with E-state index in [9.17, 15) is 9.59 Å². The van der Waals surface area contributed by atoms with Crippen LogP contribution in [-0.2, 0) is 6.54 Å². The number of methoxy groups -OCH3 is 1. The maximum atomic E-state index is 12.8. The van der Waals surface area contributed by atoms with Crippen LogP contribution in [-0.4, -0.2) is 16.7 Å². The van der Waals surface area contributed by atoms with Crippen molar-refractivity contribution in [3.05, 3.63) is 73.9 Å². The third kappa shape index (κ3) is 4.63. The van der Waals surface area contributed by atoms with E-state index >= 15 is 0 Å². The molecule has 0 unspecified atom stereocenters. The quantitative estimate of drug-likeness (QED) is 0.582. The summed E-state index contributed by atoms with van der Waals surface area (Å²) < 4.78 is 6.78. The molecule has 0 amide bonds. The number of hydrogen-bond donors (Lipinski definition) is 1. The molecule has 0 atom stereocenters. The van der Waals surface area contributed by atoms with E-state index in [4.69, 9.17) is 4.74 Å². The number of rotatable bonds is 8. The van der Waals surface area contributed by atoms with E-state index in [1.54, 1.807) is 19.3 Å². The predicted octanol–water partition coefficient (Wildman–Crippen LogP) is 1.92. The van der Waals surface area contributed by atoms with Gasteiger partial charge in [0.15, 0.2) is 0 Å². The Kier molecular flexibility index (Phi) is 7.21. The number of unbranched alkanes of at least 4 members (excludes halogenated alkanes) is 3. The maximum Gasteiger partial charge on any atom is 0.274 e. The third-order valence-electron chi connectivity index (χ3n) is 4.15. The number of nitrogens with zero attached hydrogens (tertiary/aromatic N) is 1. The average Bonchev–Trinajstić information content (AvgIpc) is 2.65. The fraction of sp³-hybridized carbons (Fsp3) is 0.333. The number of benzene rings is 1. The maximum absolute atomic E-state index is 12.8. The molecular weight excluding hydrogens is 328 g/mol. The van der Waals surface area contributed by atoms with Crippen molar-refractivity contribution >= 4 is 12.2 Å². The molecule has 0 aliphatic rings. The van der Waals surface area contributed by atoms with Crippen LogP contribution in [0, 0.1) is 0 Å². The van der Waals surface area contributed by atoms with Gasteiger partial charge in [0.25, 0.3) is 11.1 Å². The molecule has 5 heteroatoms. The van der Waals surface area contributed by atoms with E-state index in [0.717, 1.165) is 31.2 Å². The highest BCUT2D eigenvalue weighted by atomic mass is 16.5. The molecule has 1 aromatic heterocycles. The second-order valence-electron chi connectivity index (χ2n) is 6.04. The highest BCUT2D eigenvalue weighted by Crippen LogP contribution is 2.17. The molecule has 0 aliphatic carbocycles. The van der Waals surface area contributed by atoms with Gasteiger partial charge in [-0.3, -0.25) is 14.2 Å². The Bertz CT molecular complexity index is 984. The molecule has 1 N–H and O–H groups in total. The van der Waals surface area contributed by atoms with Gasteiger partial charge in [-0.25, -0.2) is 0 Å². The van der Waals surface area contributed by atoms with Crippen molar-refractivity contribution in [1.29, 1.82) is 0 Å². The number of aromatic amines is 1. The van der Waals surface area contributed by atoms with Crippen LogP contribution < -0.4 is 26.6 Å². The fourth-order valence-electron chi connectivity index (χ4n) is 2.78. The number of hydrogen-bond acceptors (Lipinski definition) is 3. The standard InChI is InChI=1S/C21H26N2O3/c1-4-6-7-8-12-17-21(25)23(14-5-2)18(20(24)22-17)15-16-11-9-10-13-19(16)26-3/h5,9-13,15H,2,4,6-8,14H2,1,3H3,(H,22,24)/b17-12-,18-15-. The molecular formula is C21H26N2O3. The minimum absolute atomic E-state index is 0.220. The molecule has 5 nitrogen and oxygen atoms in total. The van der Waals surface area contributed by atoms with Crippen molar-refractivity contribution in [2.45, 2.75) is 39.2 Å². The average molecular weight is 354 g/mol. The van der Waals surface area contributed by atoms with Gasteiger partial charge in [-0.2, -0.15) is 0 Å². The molecule has 0 saturated heterocycles. The van der Waals surface area contributed by atoms with Crippen molar-refractivity contribution < 1.29 is 4.74 Å². The molecule has 26 heavy (non-hydrogen) atoms. The first-order valence-corrected chi connectivity index (χ1v) is 8.91. The Hall–Kier alpha value is -2.82. The molecule has 2 rings (SSSR count). The molecule has 0 spiro atoms. The van der Waals surface area contributed by atoms with E-state index in [1.807, 2.05) is 30.3 Å². The summed E-state index contributed by atoms with van der Waals surface area (Å²) >= 11 is 0. The number of H-pyrrole nitrogens is 1. The van der Waals surface area contributed by atoms with Gasteiger partial charge in [-0.1, -0.05) is 50.1 Å². The van der Waals surface area contributed by atoms with E-state index < -0.39 is 0 Å². The van der Waals surface area contributed by atoms with Crippen LogP contribution in [0.1, 0.15) is 38.2 Å². The van der Waals surface area contributed by atoms with Crippen molar-refractivity contribution in [3.8, 4) is 5.75 Å². The first-order chi connectivity index (χ1) is 12.6. The number of allylic oxidation sites excluding steroid dienone is 1. The van der Waals surface area contributed by atoms with Gasteiger partial charge >= 0.3 is 0 Å². The van der Waals surface area contributed by atoms with E-state index in [2.05, 4.69) is 18.5 Å². The molecule has 0 fully saturated rings. The smallest absolute Gasteiger partial charge is 0.274 e. The normalized spacial score (nSPS) is 12.4. The minimum atomic E-state index is -0.306. The number of aromatic nitrogens is 2. The van der Waals surface area contributed by atoms with Crippen LogP contribution >= 0.6 is 0 Å². The summed E-state index contributed by atoms with van der Waals surface area (Å²) in [6.45, 7) is 6.09. The van der Waals surface area contributed by atoms with Gasteiger partial charge in [-0.05, 0) is 25.0 Å². The Morgan fingerprint density at radius 3 is 2.69 bits per heavy atom. The van der Waals surface area contributed by atoms with Gasteiger partial charge in [0, 0.05) is 12.1 Å². The van der Waals surface area contributed by atoms with Gasteiger partial charge < -0.3 is 9.72 Å². The first kappa shape index (κ1) is 19.5. The summed E-state index contributed by atoms with van der Waals surface area (Å²) in [7, 11) is 1.57. The zero-order valence-electron chi connectivity index (χ0n) is 15.5. The Morgan fingerprint density at radius 1 is 1.23 bits per heavy atom. The molecule has 1 heterocycles. The molecule has 1 aromatic carbocycles. The summed E-state index contributed by atoms with van der Waals surface area (Å²) in [6.07, 6.45) is 9.06. The lowest BCUT2D eigenvalue weighted by atomic mass is 10.2. The molecule has 0 aliphatic heterocycles. The number of nitrogens with one attached hydrogen (secondary N) is 1. The first-order valence-electron chi connectivity index (χ1n) is 8.91. The molecule has 0 radical (unpaired) electrons. The van der Waals surface area contributed by atoms with E-state index in [1.165, 1.54) is 4.57 Å². The SMILES string of the molecule is C=CCn1c(=O)/c(=C/CCCCC)[nH]c(=O)/c1=C/c1ccccc1OC. The third-order valence-corrected chi connectivity index (χ3v) is 4.15. The zero-order chi connectivity index (χ0) is 18.9. The van der Waals surface area contributed by atoms with Crippen molar-refractivity contribution in [1.82, 2.24) is 9.55 Å². The van der Waals surface area contributed by atoms with E-state index in [0.29, 0.717) is 11.1 Å². The summed E-state index contributed by atoms with van der Waals surface area (Å²) in [6, 6.07) is 7.36. The molecule has 138 valence electrons.